The monoisotopic (exact) mass is 228 g/mol. The van der Waals surface area contributed by atoms with Gasteiger partial charge in [0.25, 0.3) is 0 Å². The highest BCUT2D eigenvalue weighted by Crippen LogP contribution is 2.11. The lowest BCUT2D eigenvalue weighted by atomic mass is 10.3. The van der Waals surface area contributed by atoms with Crippen molar-refractivity contribution in [1.29, 1.82) is 0 Å². The molecule has 0 aromatic heterocycles. The van der Waals surface area contributed by atoms with E-state index in [4.69, 9.17) is 0 Å². The zero-order valence-corrected chi connectivity index (χ0v) is 7.79. The molecule has 0 nitrogen and oxygen atoms in total. The van der Waals surface area contributed by atoms with Gasteiger partial charge in [0.2, 0.25) is 0 Å². The van der Waals surface area contributed by atoms with Crippen LogP contribution in [-0.2, 0) is 0 Å². The molecule has 0 bridgehead atoms. The second kappa shape index (κ2) is 3.90. The van der Waals surface area contributed by atoms with Gasteiger partial charge in [-0.15, -0.1) is 0 Å². The predicted molar refractivity (Wildman–Crippen MR) is 41.4 cm³/mol. The molecule has 0 fully saturated rings. The summed E-state index contributed by atoms with van der Waals surface area (Å²) in [5, 5.41) is 0. The van der Waals surface area contributed by atoms with Crippen LogP contribution >= 0.6 is 31.9 Å². The third-order valence-electron chi connectivity index (χ3n) is 0.650. The number of alkyl halides is 2. The Bertz CT molecular complexity index is 35.3. The average molecular weight is 230 g/mol. The van der Waals surface area contributed by atoms with Crippen LogP contribution in [0, 0.1) is 0 Å². The summed E-state index contributed by atoms with van der Waals surface area (Å²) in [6.07, 6.45) is 1.19. The fourth-order valence-corrected chi connectivity index (χ4v) is 2.07. The van der Waals surface area contributed by atoms with Crippen molar-refractivity contribution in [2.24, 2.45) is 0 Å². The molecule has 0 aromatic carbocycles. The van der Waals surface area contributed by atoms with Crippen LogP contribution in [0.4, 0.5) is 0 Å². The van der Waals surface area contributed by atoms with E-state index in [0.29, 0.717) is 9.65 Å². The minimum Gasteiger partial charge on any atom is -0.0893 e. The molecule has 0 saturated heterocycles. The lowest BCUT2D eigenvalue weighted by molar-refractivity contribution is 0.823. The predicted octanol–water partition coefficient (Wildman–Crippen LogP) is 2.94. The number of hydrogen-bond donors (Lipinski definition) is 0. The first kappa shape index (κ1) is 7.96. The molecular weight excluding hydrogens is 220 g/mol. The van der Waals surface area contributed by atoms with Crippen molar-refractivity contribution in [1.82, 2.24) is 0 Å². The smallest absolute Gasteiger partial charge is 0.0128 e. The van der Waals surface area contributed by atoms with Gasteiger partial charge in [-0.1, -0.05) is 45.7 Å². The van der Waals surface area contributed by atoms with Crippen LogP contribution in [0.25, 0.3) is 0 Å². The minimum atomic E-state index is 0.641. The van der Waals surface area contributed by atoms with Crippen LogP contribution in [0.3, 0.4) is 0 Å². The average Bonchev–Trinajstić information content (AvgIpc) is 1.27. The largest absolute Gasteiger partial charge is 0.0893 e. The van der Waals surface area contributed by atoms with Crippen LogP contribution in [-0.4, -0.2) is 9.65 Å². The Morgan fingerprint density at radius 2 is 1.43 bits per heavy atom. The number of hydrogen-bond acceptors (Lipinski definition) is 0. The van der Waals surface area contributed by atoms with E-state index in [1.165, 1.54) is 6.42 Å². The highest BCUT2D eigenvalue weighted by Gasteiger charge is 1.99. The Morgan fingerprint density at radius 3 is 1.43 bits per heavy atom. The first-order chi connectivity index (χ1) is 3.13. The van der Waals surface area contributed by atoms with Gasteiger partial charge in [-0.2, -0.15) is 0 Å². The molecule has 0 aromatic rings. The zero-order valence-electron chi connectivity index (χ0n) is 4.62. The van der Waals surface area contributed by atoms with E-state index in [0.717, 1.165) is 0 Å². The highest BCUT2D eigenvalue weighted by molar-refractivity contribution is 9.10. The molecule has 0 aliphatic carbocycles. The summed E-state index contributed by atoms with van der Waals surface area (Å²) in [6.45, 7) is 4.30. The van der Waals surface area contributed by atoms with Gasteiger partial charge in [0, 0.05) is 9.65 Å². The molecule has 0 aliphatic heterocycles. The van der Waals surface area contributed by atoms with E-state index in [2.05, 4.69) is 45.7 Å². The molecule has 7 heavy (non-hydrogen) atoms. The SMILES string of the molecule is C[C@@H](Br)C[C@@H](C)Br. The van der Waals surface area contributed by atoms with E-state index < -0.39 is 0 Å². The van der Waals surface area contributed by atoms with Gasteiger partial charge in [0.05, 0.1) is 0 Å². The number of rotatable bonds is 2. The molecule has 2 heteroatoms. The molecule has 44 valence electrons. The molecular formula is C5H10Br2. The summed E-state index contributed by atoms with van der Waals surface area (Å²) in [7, 11) is 0. The van der Waals surface area contributed by atoms with Gasteiger partial charge in [0.15, 0.2) is 0 Å². The van der Waals surface area contributed by atoms with Crippen molar-refractivity contribution in [2.45, 2.75) is 29.9 Å². The summed E-state index contributed by atoms with van der Waals surface area (Å²) in [6, 6.07) is 0. The molecule has 0 radical (unpaired) electrons. The van der Waals surface area contributed by atoms with Crippen molar-refractivity contribution in [3.05, 3.63) is 0 Å². The Balaban J connectivity index is 2.95. The maximum absolute atomic E-state index is 3.44. The minimum absolute atomic E-state index is 0.641. The van der Waals surface area contributed by atoms with E-state index in [9.17, 15) is 0 Å². The third kappa shape index (κ3) is 6.96. The summed E-state index contributed by atoms with van der Waals surface area (Å²) in [5.41, 5.74) is 0. The highest BCUT2D eigenvalue weighted by atomic mass is 79.9. The van der Waals surface area contributed by atoms with Crippen LogP contribution in [0.5, 0.6) is 0 Å². The summed E-state index contributed by atoms with van der Waals surface area (Å²) >= 11 is 6.89. The van der Waals surface area contributed by atoms with Crippen molar-refractivity contribution < 1.29 is 0 Å². The lowest BCUT2D eigenvalue weighted by Gasteiger charge is -2.02. The van der Waals surface area contributed by atoms with Gasteiger partial charge in [-0.3, -0.25) is 0 Å². The maximum Gasteiger partial charge on any atom is 0.0128 e. The summed E-state index contributed by atoms with van der Waals surface area (Å²) < 4.78 is 0. The molecule has 0 aliphatic rings. The molecule has 0 N–H and O–H groups in total. The van der Waals surface area contributed by atoms with E-state index in [1.807, 2.05) is 0 Å². The van der Waals surface area contributed by atoms with E-state index in [-0.39, 0.29) is 0 Å². The molecule has 0 unspecified atom stereocenters. The fourth-order valence-electron chi connectivity index (χ4n) is 0.448. The Labute approximate surface area is 61.9 Å². The Hall–Kier alpha value is 0.960. The lowest BCUT2D eigenvalue weighted by Crippen LogP contribution is -1.97. The van der Waals surface area contributed by atoms with Gasteiger partial charge in [-0.05, 0) is 6.42 Å². The fraction of sp³-hybridized carbons (Fsp3) is 1.00. The van der Waals surface area contributed by atoms with Crippen molar-refractivity contribution in [3.8, 4) is 0 Å². The van der Waals surface area contributed by atoms with E-state index >= 15 is 0 Å². The van der Waals surface area contributed by atoms with Gasteiger partial charge >= 0.3 is 0 Å². The number of halogens is 2. The topological polar surface area (TPSA) is 0 Å². The normalized spacial score (nSPS) is 18.9. The molecule has 0 spiro atoms. The van der Waals surface area contributed by atoms with Crippen molar-refractivity contribution >= 4 is 31.9 Å². The quantitative estimate of drug-likeness (QED) is 0.639. The van der Waals surface area contributed by atoms with Crippen LogP contribution in [0.2, 0.25) is 0 Å². The van der Waals surface area contributed by atoms with Gasteiger partial charge < -0.3 is 0 Å². The first-order valence-corrected chi connectivity index (χ1v) is 4.24. The Kier molecular flexibility index (Phi) is 4.44. The summed E-state index contributed by atoms with van der Waals surface area (Å²) in [5.74, 6) is 0. The summed E-state index contributed by atoms with van der Waals surface area (Å²) in [4.78, 5) is 1.28. The Morgan fingerprint density at radius 1 is 1.14 bits per heavy atom. The van der Waals surface area contributed by atoms with Crippen LogP contribution < -0.4 is 0 Å². The zero-order chi connectivity index (χ0) is 5.86. The molecule has 0 rings (SSSR count). The second-order valence-electron chi connectivity index (χ2n) is 1.80. The standard InChI is InChI=1S/C5H10Br2/c1-4(6)3-5(2)7/h4-5H,3H2,1-2H3/t4-,5-/m1/s1. The van der Waals surface area contributed by atoms with Crippen LogP contribution in [0.15, 0.2) is 0 Å². The molecule has 0 heterocycles. The molecule has 0 saturated carbocycles. The maximum atomic E-state index is 3.44. The second-order valence-corrected chi connectivity index (χ2v) is 4.92. The van der Waals surface area contributed by atoms with Gasteiger partial charge in [-0.25, -0.2) is 0 Å². The van der Waals surface area contributed by atoms with Crippen molar-refractivity contribution in [3.63, 3.8) is 0 Å². The first-order valence-electron chi connectivity index (χ1n) is 2.41. The van der Waals surface area contributed by atoms with Crippen molar-refractivity contribution in [2.75, 3.05) is 0 Å². The third-order valence-corrected chi connectivity index (χ3v) is 1.40. The molecule has 0 amide bonds. The van der Waals surface area contributed by atoms with E-state index in [1.54, 1.807) is 0 Å². The molecule has 2 atom stereocenters. The van der Waals surface area contributed by atoms with Crippen LogP contribution in [0.1, 0.15) is 20.3 Å². The van der Waals surface area contributed by atoms with Gasteiger partial charge in [0.1, 0.15) is 0 Å².